The molecular formula is C17H17N3O2. The van der Waals surface area contributed by atoms with Crippen LogP contribution in [0.25, 0.3) is 6.08 Å². The molecule has 0 spiro atoms. The number of carbonyl (C=O) groups is 2. The maximum atomic E-state index is 12.0. The summed E-state index contributed by atoms with van der Waals surface area (Å²) in [5.41, 5.74) is 6.80. The van der Waals surface area contributed by atoms with Crippen molar-refractivity contribution in [2.45, 2.75) is 12.5 Å². The number of pyridine rings is 1. The number of nitrogens with one attached hydrogen (secondary N) is 1. The SMILES string of the molecule is NC(=O)[C@H](C/C=C/c1ccccc1)NC(=O)c1ccncc1. The standard InChI is InChI=1S/C17H17N3O2/c18-16(21)15(8-4-7-13-5-2-1-3-6-13)20-17(22)14-9-11-19-12-10-14/h1-7,9-12,15H,8H2,(H2,18,21)(H,20,22)/b7-4+/t15-/m0/s1. The Bertz CT molecular complexity index is 654. The van der Waals surface area contributed by atoms with Crippen LogP contribution in [0.1, 0.15) is 22.3 Å². The molecule has 1 atom stereocenters. The maximum Gasteiger partial charge on any atom is 0.252 e. The average molecular weight is 295 g/mol. The van der Waals surface area contributed by atoms with Crippen LogP contribution in [0.5, 0.6) is 0 Å². The van der Waals surface area contributed by atoms with Gasteiger partial charge in [-0.25, -0.2) is 0 Å². The van der Waals surface area contributed by atoms with Crippen molar-refractivity contribution < 1.29 is 9.59 Å². The molecule has 0 fully saturated rings. The van der Waals surface area contributed by atoms with Gasteiger partial charge in [0.1, 0.15) is 6.04 Å². The number of nitrogens with zero attached hydrogens (tertiary/aromatic N) is 1. The summed E-state index contributed by atoms with van der Waals surface area (Å²) in [7, 11) is 0. The van der Waals surface area contributed by atoms with Gasteiger partial charge in [0.2, 0.25) is 5.91 Å². The quantitative estimate of drug-likeness (QED) is 0.851. The van der Waals surface area contributed by atoms with E-state index in [-0.39, 0.29) is 5.91 Å². The van der Waals surface area contributed by atoms with E-state index in [0.717, 1.165) is 5.56 Å². The second-order valence-electron chi connectivity index (χ2n) is 4.71. The van der Waals surface area contributed by atoms with Gasteiger partial charge in [0.15, 0.2) is 0 Å². The van der Waals surface area contributed by atoms with Crippen molar-refractivity contribution in [1.29, 1.82) is 0 Å². The van der Waals surface area contributed by atoms with Crippen LogP contribution in [-0.2, 0) is 4.79 Å². The molecule has 0 saturated heterocycles. The fourth-order valence-electron chi connectivity index (χ4n) is 1.90. The van der Waals surface area contributed by atoms with Gasteiger partial charge in [-0.15, -0.1) is 0 Å². The summed E-state index contributed by atoms with van der Waals surface area (Å²) in [5, 5.41) is 2.63. The molecule has 0 saturated carbocycles. The number of hydrogen-bond donors (Lipinski definition) is 2. The second kappa shape index (κ2) is 7.73. The van der Waals surface area contributed by atoms with Crippen molar-refractivity contribution in [2.75, 3.05) is 0 Å². The number of hydrogen-bond acceptors (Lipinski definition) is 3. The van der Waals surface area contributed by atoms with Gasteiger partial charge >= 0.3 is 0 Å². The molecule has 1 aromatic heterocycles. The van der Waals surface area contributed by atoms with E-state index in [0.29, 0.717) is 12.0 Å². The third-order valence-corrected chi connectivity index (χ3v) is 3.07. The van der Waals surface area contributed by atoms with Crippen molar-refractivity contribution in [3.05, 3.63) is 72.1 Å². The molecule has 0 radical (unpaired) electrons. The molecule has 2 amide bonds. The van der Waals surface area contributed by atoms with Gasteiger partial charge in [-0.05, 0) is 24.1 Å². The zero-order valence-electron chi connectivity index (χ0n) is 12.0. The number of primary amides is 1. The highest BCUT2D eigenvalue weighted by molar-refractivity contribution is 5.97. The molecule has 5 nitrogen and oxygen atoms in total. The van der Waals surface area contributed by atoms with Crippen LogP contribution in [0.2, 0.25) is 0 Å². The molecule has 2 aromatic rings. The number of carbonyl (C=O) groups excluding carboxylic acids is 2. The van der Waals surface area contributed by atoms with Crippen LogP contribution >= 0.6 is 0 Å². The first-order valence-electron chi connectivity index (χ1n) is 6.88. The van der Waals surface area contributed by atoms with Crippen molar-refractivity contribution in [3.63, 3.8) is 0 Å². The maximum absolute atomic E-state index is 12.0. The Morgan fingerprint density at radius 1 is 1.14 bits per heavy atom. The first-order valence-corrected chi connectivity index (χ1v) is 6.88. The summed E-state index contributed by atoms with van der Waals surface area (Å²) < 4.78 is 0. The van der Waals surface area contributed by atoms with Gasteiger partial charge in [0.25, 0.3) is 5.91 Å². The molecule has 112 valence electrons. The zero-order valence-corrected chi connectivity index (χ0v) is 12.0. The number of nitrogens with two attached hydrogens (primary N) is 1. The fraction of sp³-hybridized carbons (Fsp3) is 0.118. The highest BCUT2D eigenvalue weighted by Crippen LogP contribution is 2.04. The Labute approximate surface area is 128 Å². The lowest BCUT2D eigenvalue weighted by molar-refractivity contribution is -0.119. The largest absolute Gasteiger partial charge is 0.368 e. The highest BCUT2D eigenvalue weighted by Gasteiger charge is 2.17. The van der Waals surface area contributed by atoms with Crippen LogP contribution in [0.15, 0.2) is 60.9 Å². The van der Waals surface area contributed by atoms with Gasteiger partial charge in [-0.3, -0.25) is 14.6 Å². The number of aromatic nitrogens is 1. The minimum Gasteiger partial charge on any atom is -0.368 e. The smallest absolute Gasteiger partial charge is 0.252 e. The molecule has 0 unspecified atom stereocenters. The number of amides is 2. The average Bonchev–Trinajstić information content (AvgIpc) is 2.55. The Hall–Kier alpha value is -2.95. The van der Waals surface area contributed by atoms with E-state index in [1.807, 2.05) is 42.5 Å². The predicted molar refractivity (Wildman–Crippen MR) is 84.8 cm³/mol. The lowest BCUT2D eigenvalue weighted by Crippen LogP contribution is -2.44. The van der Waals surface area contributed by atoms with Crippen LogP contribution in [0.4, 0.5) is 0 Å². The first kappa shape index (κ1) is 15.4. The van der Waals surface area contributed by atoms with Crippen LogP contribution < -0.4 is 11.1 Å². The van der Waals surface area contributed by atoms with E-state index < -0.39 is 11.9 Å². The molecule has 0 bridgehead atoms. The molecule has 3 N–H and O–H groups in total. The van der Waals surface area contributed by atoms with Gasteiger partial charge in [-0.2, -0.15) is 0 Å². The van der Waals surface area contributed by atoms with Crippen molar-refractivity contribution in [2.24, 2.45) is 5.73 Å². The van der Waals surface area contributed by atoms with E-state index in [4.69, 9.17) is 5.73 Å². The number of benzene rings is 1. The summed E-state index contributed by atoms with van der Waals surface area (Å²) in [5.74, 6) is -0.917. The second-order valence-corrected chi connectivity index (χ2v) is 4.71. The van der Waals surface area contributed by atoms with Crippen molar-refractivity contribution in [1.82, 2.24) is 10.3 Å². The van der Waals surface area contributed by atoms with Gasteiger partial charge in [0, 0.05) is 18.0 Å². The lowest BCUT2D eigenvalue weighted by Gasteiger charge is -2.13. The first-order chi connectivity index (χ1) is 10.7. The molecule has 1 heterocycles. The third-order valence-electron chi connectivity index (χ3n) is 3.07. The minimum absolute atomic E-state index is 0.334. The molecule has 0 aliphatic carbocycles. The lowest BCUT2D eigenvalue weighted by atomic mass is 10.1. The Kier molecular flexibility index (Phi) is 5.43. The number of rotatable bonds is 6. The predicted octanol–water partition coefficient (Wildman–Crippen LogP) is 1.77. The normalized spacial score (nSPS) is 12.0. The van der Waals surface area contributed by atoms with E-state index in [2.05, 4.69) is 10.3 Å². The van der Waals surface area contributed by atoms with E-state index in [1.54, 1.807) is 12.1 Å². The van der Waals surface area contributed by atoms with Gasteiger partial charge in [0.05, 0.1) is 0 Å². The van der Waals surface area contributed by atoms with Crippen LogP contribution in [0.3, 0.4) is 0 Å². The highest BCUT2D eigenvalue weighted by atomic mass is 16.2. The van der Waals surface area contributed by atoms with Crippen molar-refractivity contribution in [3.8, 4) is 0 Å². The third kappa shape index (κ3) is 4.56. The Balaban J connectivity index is 1.97. The monoisotopic (exact) mass is 295 g/mol. The molecular weight excluding hydrogens is 278 g/mol. The molecule has 1 aromatic carbocycles. The van der Waals surface area contributed by atoms with E-state index >= 15 is 0 Å². The Morgan fingerprint density at radius 3 is 2.45 bits per heavy atom. The zero-order chi connectivity index (χ0) is 15.8. The van der Waals surface area contributed by atoms with Crippen LogP contribution in [0, 0.1) is 0 Å². The van der Waals surface area contributed by atoms with E-state index in [9.17, 15) is 9.59 Å². The molecule has 0 aliphatic heterocycles. The van der Waals surface area contributed by atoms with E-state index in [1.165, 1.54) is 12.4 Å². The van der Waals surface area contributed by atoms with Crippen molar-refractivity contribution >= 4 is 17.9 Å². The van der Waals surface area contributed by atoms with Gasteiger partial charge in [-0.1, -0.05) is 42.5 Å². The summed E-state index contributed by atoms with van der Waals surface area (Å²) in [6.45, 7) is 0. The topological polar surface area (TPSA) is 85.1 Å². The summed E-state index contributed by atoms with van der Waals surface area (Å²) in [6.07, 6.45) is 7.07. The minimum atomic E-state index is -0.749. The fourth-order valence-corrected chi connectivity index (χ4v) is 1.90. The summed E-state index contributed by atoms with van der Waals surface area (Å²) >= 11 is 0. The molecule has 5 heteroatoms. The van der Waals surface area contributed by atoms with Crippen LogP contribution in [-0.4, -0.2) is 22.8 Å². The Morgan fingerprint density at radius 2 is 1.82 bits per heavy atom. The molecule has 2 rings (SSSR count). The molecule has 22 heavy (non-hydrogen) atoms. The van der Waals surface area contributed by atoms with Gasteiger partial charge < -0.3 is 11.1 Å². The summed E-state index contributed by atoms with van der Waals surface area (Å²) in [6, 6.07) is 12.1. The summed E-state index contributed by atoms with van der Waals surface area (Å²) in [4.78, 5) is 27.3. The molecule has 0 aliphatic rings.